The first-order valence-electron chi connectivity index (χ1n) is 6.63. The van der Waals surface area contributed by atoms with Crippen LogP contribution in [0.5, 0.6) is 0 Å². The molecule has 2 aromatic rings. The van der Waals surface area contributed by atoms with E-state index < -0.39 is 0 Å². The van der Waals surface area contributed by atoms with Gasteiger partial charge >= 0.3 is 5.97 Å². The summed E-state index contributed by atoms with van der Waals surface area (Å²) in [4.78, 5) is 15.9. The van der Waals surface area contributed by atoms with Crippen LogP contribution in [0.25, 0.3) is 0 Å². The molecule has 21 heavy (non-hydrogen) atoms. The number of esters is 1. The van der Waals surface area contributed by atoms with Crippen LogP contribution in [0, 0.1) is 0 Å². The topological polar surface area (TPSA) is 51.2 Å². The Kier molecular flexibility index (Phi) is 3.33. The maximum absolute atomic E-state index is 11.6. The maximum atomic E-state index is 11.6. The largest absolute Gasteiger partial charge is 0.465 e. The summed E-state index contributed by atoms with van der Waals surface area (Å²) in [5.74, 6) is 0.436. The highest BCUT2D eigenvalue weighted by atomic mass is 35.5. The molecule has 1 atom stereocenters. The van der Waals surface area contributed by atoms with Crippen molar-refractivity contribution in [3.63, 3.8) is 0 Å². The number of hydrogen-bond donors (Lipinski definition) is 1. The molecule has 0 fully saturated rings. The van der Waals surface area contributed by atoms with Gasteiger partial charge < -0.3 is 10.1 Å². The molecule has 0 radical (unpaired) electrons. The van der Waals surface area contributed by atoms with Crippen LogP contribution >= 0.6 is 11.6 Å². The van der Waals surface area contributed by atoms with Gasteiger partial charge in [-0.3, -0.25) is 0 Å². The third kappa shape index (κ3) is 2.47. The van der Waals surface area contributed by atoms with E-state index in [0.29, 0.717) is 10.6 Å². The van der Waals surface area contributed by atoms with Gasteiger partial charge in [0.1, 0.15) is 5.82 Å². The van der Waals surface area contributed by atoms with E-state index in [2.05, 4.69) is 17.2 Å². The molecule has 108 valence electrons. The van der Waals surface area contributed by atoms with Gasteiger partial charge in [-0.05, 0) is 36.2 Å². The number of methoxy groups -OCH3 is 1. The molecule has 0 spiro atoms. The standard InChI is InChI=1S/C16H15ClN2O2/c1-16(12-3-5-13(17)6-4-12)8-10-7-11(15(20)21-2)9-18-14(10)19-16/h3-7,9H,8H2,1-2H3,(H,18,19)/t16-/m1/s1. The predicted octanol–water partition coefficient (Wildman–Crippen LogP) is 3.41. The lowest BCUT2D eigenvalue weighted by atomic mass is 9.89. The predicted molar refractivity (Wildman–Crippen MR) is 81.7 cm³/mol. The van der Waals surface area contributed by atoms with Crippen molar-refractivity contribution in [3.05, 3.63) is 58.2 Å². The number of rotatable bonds is 2. The average molecular weight is 303 g/mol. The molecule has 0 unspecified atom stereocenters. The second-order valence-corrected chi connectivity index (χ2v) is 5.80. The number of ether oxygens (including phenoxy) is 1. The molecule has 1 aliphatic rings. The van der Waals surface area contributed by atoms with Gasteiger partial charge in [-0.2, -0.15) is 0 Å². The van der Waals surface area contributed by atoms with Crippen molar-refractivity contribution in [1.29, 1.82) is 0 Å². The van der Waals surface area contributed by atoms with Crippen LogP contribution in [-0.4, -0.2) is 18.1 Å². The second kappa shape index (κ2) is 5.04. The van der Waals surface area contributed by atoms with Crippen LogP contribution in [0.1, 0.15) is 28.4 Å². The zero-order valence-corrected chi connectivity index (χ0v) is 12.6. The molecular weight excluding hydrogens is 288 g/mol. The molecule has 1 aliphatic heterocycles. The molecule has 3 rings (SSSR count). The smallest absolute Gasteiger partial charge is 0.339 e. The second-order valence-electron chi connectivity index (χ2n) is 5.36. The Morgan fingerprint density at radius 2 is 2.10 bits per heavy atom. The Morgan fingerprint density at radius 3 is 2.76 bits per heavy atom. The molecule has 0 amide bonds. The first-order chi connectivity index (χ1) is 10.0. The zero-order valence-electron chi connectivity index (χ0n) is 11.8. The number of anilines is 1. The first-order valence-corrected chi connectivity index (χ1v) is 7.01. The number of aromatic nitrogens is 1. The third-order valence-electron chi connectivity index (χ3n) is 3.81. The Bertz CT molecular complexity index is 700. The molecule has 1 N–H and O–H groups in total. The van der Waals surface area contributed by atoms with Crippen LogP contribution in [0.3, 0.4) is 0 Å². The van der Waals surface area contributed by atoms with Gasteiger partial charge in [0.2, 0.25) is 0 Å². The lowest BCUT2D eigenvalue weighted by Crippen LogP contribution is -2.29. The monoisotopic (exact) mass is 302 g/mol. The van der Waals surface area contributed by atoms with E-state index in [9.17, 15) is 4.79 Å². The fourth-order valence-corrected chi connectivity index (χ4v) is 2.79. The minimum Gasteiger partial charge on any atom is -0.465 e. The molecule has 1 aromatic carbocycles. The van der Waals surface area contributed by atoms with Crippen LogP contribution in [0.15, 0.2) is 36.5 Å². The SMILES string of the molecule is COC(=O)c1cnc2c(c1)C[C@](C)(c1ccc(Cl)cc1)N2. The van der Waals surface area contributed by atoms with Crippen molar-refractivity contribution in [2.24, 2.45) is 0 Å². The molecule has 2 heterocycles. The highest BCUT2D eigenvalue weighted by Crippen LogP contribution is 2.38. The van der Waals surface area contributed by atoms with Crippen LogP contribution in [0.4, 0.5) is 5.82 Å². The van der Waals surface area contributed by atoms with Gasteiger partial charge in [0, 0.05) is 17.6 Å². The van der Waals surface area contributed by atoms with E-state index in [1.807, 2.05) is 30.3 Å². The zero-order chi connectivity index (χ0) is 15.0. The number of benzene rings is 1. The van der Waals surface area contributed by atoms with E-state index in [1.165, 1.54) is 13.3 Å². The number of carbonyl (C=O) groups excluding carboxylic acids is 1. The minimum absolute atomic E-state index is 0.255. The molecule has 0 saturated heterocycles. The van der Waals surface area contributed by atoms with Crippen molar-refractivity contribution in [2.75, 3.05) is 12.4 Å². The Balaban J connectivity index is 1.93. The van der Waals surface area contributed by atoms with Gasteiger partial charge in [0.05, 0.1) is 18.2 Å². The summed E-state index contributed by atoms with van der Waals surface area (Å²) in [7, 11) is 1.37. The van der Waals surface area contributed by atoms with Crippen molar-refractivity contribution in [2.45, 2.75) is 18.9 Å². The summed E-state index contributed by atoms with van der Waals surface area (Å²) in [6, 6.07) is 9.59. The van der Waals surface area contributed by atoms with Gasteiger partial charge in [0.25, 0.3) is 0 Å². The van der Waals surface area contributed by atoms with E-state index in [4.69, 9.17) is 16.3 Å². The van der Waals surface area contributed by atoms with Crippen LogP contribution in [0.2, 0.25) is 5.02 Å². The molecular formula is C16H15ClN2O2. The number of nitrogens with one attached hydrogen (secondary N) is 1. The summed E-state index contributed by atoms with van der Waals surface area (Å²) in [6.45, 7) is 2.11. The van der Waals surface area contributed by atoms with E-state index in [-0.39, 0.29) is 11.5 Å². The fourth-order valence-electron chi connectivity index (χ4n) is 2.67. The van der Waals surface area contributed by atoms with Crippen molar-refractivity contribution in [1.82, 2.24) is 4.98 Å². The highest BCUT2D eigenvalue weighted by molar-refractivity contribution is 6.30. The first kappa shape index (κ1) is 13.9. The van der Waals surface area contributed by atoms with E-state index in [0.717, 1.165) is 23.4 Å². The normalized spacial score (nSPS) is 19.8. The number of halogens is 1. The average Bonchev–Trinajstić information content (AvgIpc) is 2.83. The summed E-state index contributed by atoms with van der Waals surface area (Å²) in [5, 5.41) is 4.14. The number of nitrogens with zero attached hydrogens (tertiary/aromatic N) is 1. The summed E-state index contributed by atoms with van der Waals surface area (Å²) >= 11 is 5.94. The molecule has 0 bridgehead atoms. The molecule has 4 nitrogen and oxygen atoms in total. The summed E-state index contributed by atoms with van der Waals surface area (Å²) < 4.78 is 4.73. The van der Waals surface area contributed by atoms with Crippen LogP contribution < -0.4 is 5.32 Å². The molecule has 5 heteroatoms. The number of fused-ring (bicyclic) bond motifs is 1. The van der Waals surface area contributed by atoms with Crippen molar-refractivity contribution in [3.8, 4) is 0 Å². The van der Waals surface area contributed by atoms with Gasteiger partial charge in [-0.15, -0.1) is 0 Å². The molecule has 0 aliphatic carbocycles. The Morgan fingerprint density at radius 1 is 1.38 bits per heavy atom. The third-order valence-corrected chi connectivity index (χ3v) is 4.06. The summed E-state index contributed by atoms with van der Waals surface area (Å²) in [5.41, 5.74) is 2.35. The lowest BCUT2D eigenvalue weighted by molar-refractivity contribution is 0.0600. The Hall–Kier alpha value is -2.07. The molecule has 0 saturated carbocycles. The number of carbonyl (C=O) groups is 1. The van der Waals surface area contributed by atoms with Crippen molar-refractivity contribution >= 4 is 23.4 Å². The lowest BCUT2D eigenvalue weighted by Gasteiger charge is -2.25. The number of pyridine rings is 1. The van der Waals surface area contributed by atoms with Gasteiger partial charge in [0.15, 0.2) is 0 Å². The molecule has 1 aromatic heterocycles. The highest BCUT2D eigenvalue weighted by Gasteiger charge is 2.35. The quantitative estimate of drug-likeness (QED) is 0.864. The maximum Gasteiger partial charge on any atom is 0.339 e. The van der Waals surface area contributed by atoms with Crippen molar-refractivity contribution < 1.29 is 9.53 Å². The fraction of sp³-hybridized carbons (Fsp3) is 0.250. The summed E-state index contributed by atoms with van der Waals surface area (Å²) in [6.07, 6.45) is 2.28. The van der Waals surface area contributed by atoms with Crippen LogP contribution in [-0.2, 0) is 16.7 Å². The van der Waals surface area contributed by atoms with Gasteiger partial charge in [-0.25, -0.2) is 9.78 Å². The minimum atomic E-state index is -0.370. The number of hydrogen-bond acceptors (Lipinski definition) is 4. The Labute approximate surface area is 128 Å². The van der Waals surface area contributed by atoms with Gasteiger partial charge in [-0.1, -0.05) is 23.7 Å². The van der Waals surface area contributed by atoms with E-state index in [1.54, 1.807) is 0 Å². The van der Waals surface area contributed by atoms with E-state index >= 15 is 0 Å².